The number of ether oxygens (including phenoxy) is 1. The SMILES string of the molecule is COc1ccc(-c2nc(C(=O)Nc3scnc3C(C)(C)C)cs2)cc1. The first-order valence-electron chi connectivity index (χ1n) is 7.74. The van der Waals surface area contributed by atoms with Gasteiger partial charge in [0.25, 0.3) is 5.91 Å². The summed E-state index contributed by atoms with van der Waals surface area (Å²) in [5.74, 6) is 0.573. The highest BCUT2D eigenvalue weighted by Crippen LogP contribution is 2.32. The molecule has 2 heterocycles. The Balaban J connectivity index is 1.78. The lowest BCUT2D eigenvalue weighted by molar-refractivity contribution is 0.102. The van der Waals surface area contributed by atoms with Crippen molar-refractivity contribution in [2.45, 2.75) is 26.2 Å². The van der Waals surface area contributed by atoms with Crippen molar-refractivity contribution in [1.29, 1.82) is 0 Å². The van der Waals surface area contributed by atoms with Gasteiger partial charge in [-0.3, -0.25) is 4.79 Å². The average molecular weight is 374 g/mol. The van der Waals surface area contributed by atoms with Crippen molar-refractivity contribution >= 4 is 33.6 Å². The molecule has 0 aliphatic rings. The van der Waals surface area contributed by atoms with E-state index >= 15 is 0 Å². The Labute approximate surface area is 154 Å². The van der Waals surface area contributed by atoms with E-state index in [0.29, 0.717) is 5.69 Å². The van der Waals surface area contributed by atoms with E-state index in [2.05, 4.69) is 36.1 Å². The maximum atomic E-state index is 12.5. The van der Waals surface area contributed by atoms with Crippen molar-refractivity contribution in [3.05, 3.63) is 46.5 Å². The molecule has 0 aliphatic carbocycles. The number of carbonyl (C=O) groups is 1. The molecule has 0 atom stereocenters. The number of carbonyl (C=O) groups excluding carboxylic acids is 1. The van der Waals surface area contributed by atoms with E-state index in [1.54, 1.807) is 18.0 Å². The van der Waals surface area contributed by atoms with Gasteiger partial charge in [0.15, 0.2) is 0 Å². The topological polar surface area (TPSA) is 64.1 Å². The van der Waals surface area contributed by atoms with Gasteiger partial charge in [0.2, 0.25) is 0 Å². The standard InChI is InChI=1S/C18H19N3O2S2/c1-18(2,3)14-17(25-10-19-14)21-15(22)13-9-24-16(20-13)11-5-7-12(23-4)8-6-11/h5-10H,1-4H3,(H,21,22). The molecule has 0 aliphatic heterocycles. The van der Waals surface area contributed by atoms with Gasteiger partial charge in [-0.2, -0.15) is 0 Å². The second kappa shape index (κ2) is 6.93. The van der Waals surface area contributed by atoms with Gasteiger partial charge in [-0.25, -0.2) is 9.97 Å². The summed E-state index contributed by atoms with van der Waals surface area (Å²) in [6, 6.07) is 7.62. The third-order valence-electron chi connectivity index (χ3n) is 3.58. The molecule has 0 saturated carbocycles. The minimum Gasteiger partial charge on any atom is -0.497 e. The third-order valence-corrected chi connectivity index (χ3v) is 5.21. The lowest BCUT2D eigenvalue weighted by Crippen LogP contribution is -2.18. The van der Waals surface area contributed by atoms with Gasteiger partial charge in [0.05, 0.1) is 18.3 Å². The van der Waals surface area contributed by atoms with Crippen LogP contribution in [0.1, 0.15) is 37.0 Å². The quantitative estimate of drug-likeness (QED) is 0.712. The van der Waals surface area contributed by atoms with Crippen molar-refractivity contribution in [3.63, 3.8) is 0 Å². The van der Waals surface area contributed by atoms with Crippen LogP contribution in [0.15, 0.2) is 35.2 Å². The summed E-state index contributed by atoms with van der Waals surface area (Å²) in [5, 5.41) is 6.28. The van der Waals surface area contributed by atoms with Crippen LogP contribution in [0.2, 0.25) is 0 Å². The van der Waals surface area contributed by atoms with Gasteiger partial charge in [-0.1, -0.05) is 20.8 Å². The van der Waals surface area contributed by atoms with E-state index < -0.39 is 0 Å². The van der Waals surface area contributed by atoms with E-state index in [9.17, 15) is 4.79 Å². The lowest BCUT2D eigenvalue weighted by atomic mass is 9.92. The number of benzene rings is 1. The summed E-state index contributed by atoms with van der Waals surface area (Å²) >= 11 is 2.87. The Morgan fingerprint density at radius 3 is 2.52 bits per heavy atom. The molecular weight excluding hydrogens is 354 g/mol. The van der Waals surface area contributed by atoms with E-state index in [4.69, 9.17) is 4.74 Å². The molecule has 25 heavy (non-hydrogen) atoms. The second-order valence-corrected chi connectivity index (χ2v) is 8.21. The van der Waals surface area contributed by atoms with Crippen LogP contribution >= 0.6 is 22.7 Å². The number of thiazole rings is 2. The fourth-order valence-corrected chi connectivity index (χ4v) is 3.97. The summed E-state index contributed by atoms with van der Waals surface area (Å²) < 4.78 is 5.16. The van der Waals surface area contributed by atoms with E-state index in [1.807, 2.05) is 24.3 Å². The van der Waals surface area contributed by atoms with Crippen LogP contribution in [0.3, 0.4) is 0 Å². The van der Waals surface area contributed by atoms with Gasteiger partial charge >= 0.3 is 0 Å². The van der Waals surface area contributed by atoms with E-state index in [-0.39, 0.29) is 11.3 Å². The van der Waals surface area contributed by atoms with E-state index in [1.165, 1.54) is 22.7 Å². The molecule has 130 valence electrons. The maximum Gasteiger partial charge on any atom is 0.275 e. The summed E-state index contributed by atoms with van der Waals surface area (Å²) in [5.41, 5.74) is 3.87. The summed E-state index contributed by atoms with van der Waals surface area (Å²) in [6.45, 7) is 6.22. The van der Waals surface area contributed by atoms with Gasteiger partial charge in [0, 0.05) is 16.4 Å². The fraction of sp³-hybridized carbons (Fsp3) is 0.278. The maximum absolute atomic E-state index is 12.5. The molecule has 7 heteroatoms. The zero-order chi connectivity index (χ0) is 18.0. The Bertz CT molecular complexity index is 876. The fourth-order valence-electron chi connectivity index (χ4n) is 2.28. The van der Waals surface area contributed by atoms with Gasteiger partial charge in [-0.15, -0.1) is 22.7 Å². The minimum atomic E-state index is -0.217. The molecule has 3 aromatic rings. The molecule has 2 aromatic heterocycles. The van der Waals surface area contributed by atoms with Crippen molar-refractivity contribution in [2.75, 3.05) is 12.4 Å². The van der Waals surface area contributed by atoms with Crippen LogP contribution in [0, 0.1) is 0 Å². The van der Waals surface area contributed by atoms with Gasteiger partial charge in [-0.05, 0) is 24.3 Å². The summed E-state index contributed by atoms with van der Waals surface area (Å²) in [7, 11) is 1.63. The normalized spacial score (nSPS) is 11.4. The van der Waals surface area contributed by atoms with Crippen LogP contribution in [0.4, 0.5) is 5.00 Å². The third kappa shape index (κ3) is 3.88. The van der Waals surface area contributed by atoms with Crippen LogP contribution in [0.5, 0.6) is 5.75 Å². The molecule has 0 fully saturated rings. The minimum absolute atomic E-state index is 0.126. The van der Waals surface area contributed by atoms with Crippen LogP contribution in [-0.2, 0) is 5.41 Å². The highest BCUT2D eigenvalue weighted by Gasteiger charge is 2.23. The van der Waals surface area contributed by atoms with Crippen molar-refractivity contribution < 1.29 is 9.53 Å². The predicted molar refractivity (Wildman–Crippen MR) is 103 cm³/mol. The highest BCUT2D eigenvalue weighted by molar-refractivity contribution is 7.14. The monoisotopic (exact) mass is 373 g/mol. The predicted octanol–water partition coefficient (Wildman–Crippen LogP) is 4.83. The number of anilines is 1. The molecule has 0 bridgehead atoms. The second-order valence-electron chi connectivity index (χ2n) is 6.50. The first-order valence-corrected chi connectivity index (χ1v) is 9.49. The smallest absolute Gasteiger partial charge is 0.275 e. The number of rotatable bonds is 4. The number of hydrogen-bond donors (Lipinski definition) is 1. The zero-order valence-electron chi connectivity index (χ0n) is 14.5. The first-order chi connectivity index (χ1) is 11.9. The molecule has 1 amide bonds. The first kappa shape index (κ1) is 17.6. The molecule has 0 saturated heterocycles. The zero-order valence-corrected chi connectivity index (χ0v) is 16.1. The number of amides is 1. The van der Waals surface area contributed by atoms with Crippen LogP contribution < -0.4 is 10.1 Å². The Kier molecular flexibility index (Phi) is 4.87. The van der Waals surface area contributed by atoms with Gasteiger partial charge in [0.1, 0.15) is 21.5 Å². The molecule has 3 rings (SSSR count). The highest BCUT2D eigenvalue weighted by atomic mass is 32.1. The summed E-state index contributed by atoms with van der Waals surface area (Å²) in [4.78, 5) is 21.4. The molecule has 5 nitrogen and oxygen atoms in total. The Hall–Kier alpha value is -2.25. The van der Waals surface area contributed by atoms with Crippen molar-refractivity contribution in [3.8, 4) is 16.3 Å². The number of nitrogens with one attached hydrogen (secondary N) is 1. The largest absolute Gasteiger partial charge is 0.497 e. The van der Waals surface area contributed by atoms with Gasteiger partial charge < -0.3 is 10.1 Å². The summed E-state index contributed by atoms with van der Waals surface area (Å²) in [6.07, 6.45) is 0. The van der Waals surface area contributed by atoms with Crippen LogP contribution in [0.25, 0.3) is 10.6 Å². The molecule has 1 aromatic carbocycles. The molecular formula is C18H19N3O2S2. The van der Waals surface area contributed by atoms with Crippen LogP contribution in [-0.4, -0.2) is 23.0 Å². The molecule has 1 N–H and O–H groups in total. The lowest BCUT2D eigenvalue weighted by Gasteiger charge is -2.17. The molecule has 0 unspecified atom stereocenters. The number of nitrogens with zero attached hydrogens (tertiary/aromatic N) is 2. The van der Waals surface area contributed by atoms with Crippen molar-refractivity contribution in [1.82, 2.24) is 9.97 Å². The number of aromatic nitrogens is 2. The average Bonchev–Trinajstić information content (AvgIpc) is 3.23. The molecule has 0 spiro atoms. The van der Waals surface area contributed by atoms with Crippen molar-refractivity contribution in [2.24, 2.45) is 0 Å². The number of hydrogen-bond acceptors (Lipinski definition) is 6. The molecule has 0 radical (unpaired) electrons. The Morgan fingerprint density at radius 1 is 1.16 bits per heavy atom. The van der Waals surface area contributed by atoms with E-state index in [0.717, 1.165) is 27.0 Å². The number of methoxy groups -OCH3 is 1. The Morgan fingerprint density at radius 2 is 1.88 bits per heavy atom.